The first kappa shape index (κ1) is 33.5. The third-order valence-corrected chi connectivity index (χ3v) is 6.51. The number of esters is 1. The molecule has 8 nitrogen and oxygen atoms in total. The number of nitrogens with two attached hydrogens (primary N) is 1. The zero-order valence-electron chi connectivity index (χ0n) is 21.8. The molecule has 0 heterocycles. The van der Waals surface area contributed by atoms with Gasteiger partial charge in [0.15, 0.2) is 0 Å². The highest BCUT2D eigenvalue weighted by Crippen LogP contribution is 2.43. The van der Waals surface area contributed by atoms with E-state index in [2.05, 4.69) is 13.8 Å². The summed E-state index contributed by atoms with van der Waals surface area (Å²) in [5.41, 5.74) is 5.29. The fourth-order valence-corrected chi connectivity index (χ4v) is 4.29. The van der Waals surface area contributed by atoms with Crippen molar-refractivity contribution in [1.29, 1.82) is 0 Å². The van der Waals surface area contributed by atoms with Gasteiger partial charge < -0.3 is 20.1 Å². The molecule has 34 heavy (non-hydrogen) atoms. The summed E-state index contributed by atoms with van der Waals surface area (Å²) in [6.45, 7) is 4.83. The van der Waals surface area contributed by atoms with E-state index < -0.39 is 13.9 Å². The van der Waals surface area contributed by atoms with Crippen LogP contribution in [0.3, 0.4) is 0 Å². The van der Waals surface area contributed by atoms with Crippen LogP contribution < -0.4 is 5.73 Å². The molecule has 0 bridgehead atoms. The minimum atomic E-state index is -4.24. The quantitative estimate of drug-likeness (QED) is 0.0794. The number of unbranched alkanes of at least 4 members (excludes halogenated alkanes) is 13. The Morgan fingerprint density at radius 1 is 0.765 bits per heavy atom. The number of carbonyl (C=O) groups excluding carboxylic acids is 1. The number of phosphoric acid groups is 1. The number of rotatable bonds is 26. The minimum Gasteiger partial charge on any atom is -0.457 e. The van der Waals surface area contributed by atoms with Crippen LogP contribution >= 0.6 is 7.82 Å². The van der Waals surface area contributed by atoms with Crippen molar-refractivity contribution in [2.75, 3.05) is 33.0 Å². The lowest BCUT2D eigenvalue weighted by molar-refractivity contribution is -0.154. The van der Waals surface area contributed by atoms with Crippen molar-refractivity contribution in [2.24, 2.45) is 5.73 Å². The van der Waals surface area contributed by atoms with E-state index in [0.29, 0.717) is 13.0 Å². The van der Waals surface area contributed by atoms with Crippen molar-refractivity contribution in [3.63, 3.8) is 0 Å². The summed E-state index contributed by atoms with van der Waals surface area (Å²) in [5.74, 6) is -0.338. The first-order valence-electron chi connectivity index (χ1n) is 13.5. The van der Waals surface area contributed by atoms with Crippen LogP contribution in [0.25, 0.3) is 0 Å². The van der Waals surface area contributed by atoms with E-state index in [0.717, 1.165) is 32.1 Å². The summed E-state index contributed by atoms with van der Waals surface area (Å²) >= 11 is 0. The summed E-state index contributed by atoms with van der Waals surface area (Å²) in [6.07, 6.45) is 17.0. The molecule has 9 heteroatoms. The Labute approximate surface area is 208 Å². The lowest BCUT2D eigenvalue weighted by Crippen LogP contribution is -2.28. The summed E-state index contributed by atoms with van der Waals surface area (Å²) < 4.78 is 32.8. The molecule has 0 radical (unpaired) electrons. The van der Waals surface area contributed by atoms with Gasteiger partial charge in [-0.1, -0.05) is 97.3 Å². The normalized spacial score (nSPS) is 14.1. The van der Waals surface area contributed by atoms with Gasteiger partial charge in [-0.25, -0.2) is 4.57 Å². The number of hydrogen-bond acceptors (Lipinski definition) is 7. The van der Waals surface area contributed by atoms with Crippen LogP contribution in [0.5, 0.6) is 0 Å². The third kappa shape index (κ3) is 23.3. The predicted molar refractivity (Wildman–Crippen MR) is 137 cm³/mol. The number of ether oxygens (including phenoxy) is 2. The molecule has 0 spiro atoms. The first-order valence-corrected chi connectivity index (χ1v) is 15.0. The first-order chi connectivity index (χ1) is 16.4. The lowest BCUT2D eigenvalue weighted by Gasteiger charge is -2.20. The maximum Gasteiger partial charge on any atom is 0.472 e. The molecule has 2 unspecified atom stereocenters. The van der Waals surface area contributed by atoms with Crippen LogP contribution in [0.15, 0.2) is 0 Å². The van der Waals surface area contributed by atoms with Gasteiger partial charge in [0, 0.05) is 19.6 Å². The zero-order valence-corrected chi connectivity index (χ0v) is 22.7. The van der Waals surface area contributed by atoms with Gasteiger partial charge in [0.1, 0.15) is 6.10 Å². The second-order valence-electron chi connectivity index (χ2n) is 8.92. The Balaban J connectivity index is 4.24. The largest absolute Gasteiger partial charge is 0.472 e. The summed E-state index contributed by atoms with van der Waals surface area (Å²) in [6, 6.07) is 0. The highest BCUT2D eigenvalue weighted by Gasteiger charge is 2.25. The molecule has 204 valence electrons. The van der Waals surface area contributed by atoms with Gasteiger partial charge in [-0.2, -0.15) is 0 Å². The average molecular weight is 510 g/mol. The second-order valence-corrected chi connectivity index (χ2v) is 10.4. The van der Waals surface area contributed by atoms with Gasteiger partial charge in [-0.15, -0.1) is 0 Å². The Kier molecular flexibility index (Phi) is 23.8. The molecule has 0 aliphatic rings. The van der Waals surface area contributed by atoms with Crippen LogP contribution in [0.4, 0.5) is 0 Å². The number of carbonyl (C=O) groups is 1. The average Bonchev–Trinajstić information content (AvgIpc) is 2.81. The van der Waals surface area contributed by atoms with E-state index >= 15 is 0 Å². The molecular formula is C25H52NO7P. The number of hydrogen-bond donors (Lipinski definition) is 2. The van der Waals surface area contributed by atoms with Crippen molar-refractivity contribution >= 4 is 13.8 Å². The summed E-state index contributed by atoms with van der Waals surface area (Å²) in [4.78, 5) is 22.0. The van der Waals surface area contributed by atoms with E-state index in [4.69, 9.17) is 24.3 Å². The highest BCUT2D eigenvalue weighted by atomic mass is 31.2. The Morgan fingerprint density at radius 2 is 1.29 bits per heavy atom. The molecule has 0 aromatic heterocycles. The number of phosphoric ester groups is 1. The van der Waals surface area contributed by atoms with Crippen molar-refractivity contribution in [3.05, 3.63) is 0 Å². The van der Waals surface area contributed by atoms with Gasteiger partial charge >= 0.3 is 13.8 Å². The molecule has 0 saturated carbocycles. The van der Waals surface area contributed by atoms with Gasteiger partial charge in [-0.3, -0.25) is 13.8 Å². The zero-order chi connectivity index (χ0) is 25.3. The standard InChI is InChI=1S/C25H52NO7P/c1-3-5-7-9-11-12-14-16-18-25(27)33-24(23-32-34(28,29)31-21-19-26)22-30-20-17-15-13-10-8-6-4-2/h24H,3-23,26H2,1-2H3,(H,28,29). The molecule has 0 saturated heterocycles. The van der Waals surface area contributed by atoms with Crippen LogP contribution in [0.1, 0.15) is 117 Å². The second kappa shape index (κ2) is 24.2. The van der Waals surface area contributed by atoms with Crippen molar-refractivity contribution in [2.45, 2.75) is 123 Å². The monoisotopic (exact) mass is 509 g/mol. The van der Waals surface area contributed by atoms with E-state index in [1.54, 1.807) is 0 Å². The molecule has 0 aliphatic heterocycles. The van der Waals surface area contributed by atoms with Gasteiger partial charge in [-0.05, 0) is 12.8 Å². The molecule has 0 aromatic carbocycles. The van der Waals surface area contributed by atoms with Crippen LogP contribution in [0.2, 0.25) is 0 Å². The summed E-state index contributed by atoms with van der Waals surface area (Å²) in [7, 11) is -4.24. The van der Waals surface area contributed by atoms with Crippen molar-refractivity contribution in [3.8, 4) is 0 Å². The SMILES string of the molecule is CCCCCCCCCCC(=O)OC(COCCCCCCCCC)COP(=O)(O)OCCN. The Bertz CT molecular complexity index is 508. The van der Waals surface area contributed by atoms with E-state index in [1.807, 2.05) is 0 Å². The molecule has 0 rings (SSSR count). The Hall–Kier alpha value is -0.500. The van der Waals surface area contributed by atoms with Gasteiger partial charge in [0.2, 0.25) is 0 Å². The maximum absolute atomic E-state index is 12.3. The van der Waals surface area contributed by atoms with Gasteiger partial charge in [0.25, 0.3) is 0 Å². The third-order valence-electron chi connectivity index (χ3n) is 5.52. The summed E-state index contributed by atoms with van der Waals surface area (Å²) in [5, 5.41) is 0. The van der Waals surface area contributed by atoms with Crippen molar-refractivity contribution < 1.29 is 32.8 Å². The topological polar surface area (TPSA) is 117 Å². The highest BCUT2D eigenvalue weighted by molar-refractivity contribution is 7.47. The maximum atomic E-state index is 12.3. The Morgan fingerprint density at radius 3 is 1.85 bits per heavy atom. The fourth-order valence-electron chi connectivity index (χ4n) is 3.52. The molecule has 3 N–H and O–H groups in total. The fraction of sp³-hybridized carbons (Fsp3) is 0.960. The van der Waals surface area contributed by atoms with Crippen LogP contribution in [-0.2, 0) is 27.9 Å². The molecule has 0 amide bonds. The molecule has 0 aliphatic carbocycles. The van der Waals surface area contributed by atoms with Crippen molar-refractivity contribution in [1.82, 2.24) is 0 Å². The molecule has 0 aromatic rings. The predicted octanol–water partition coefficient (Wildman–Crippen LogP) is 6.29. The molecular weight excluding hydrogens is 457 g/mol. The smallest absolute Gasteiger partial charge is 0.457 e. The van der Waals surface area contributed by atoms with E-state index in [1.165, 1.54) is 64.2 Å². The lowest BCUT2D eigenvalue weighted by atomic mass is 10.1. The molecule has 0 fully saturated rings. The van der Waals surface area contributed by atoms with E-state index in [9.17, 15) is 14.3 Å². The van der Waals surface area contributed by atoms with Gasteiger partial charge in [0.05, 0.1) is 19.8 Å². The van der Waals surface area contributed by atoms with Crippen LogP contribution in [-0.4, -0.2) is 49.9 Å². The molecule has 2 atom stereocenters. The van der Waals surface area contributed by atoms with E-state index in [-0.39, 0.29) is 32.3 Å². The minimum absolute atomic E-state index is 0.0918. The van der Waals surface area contributed by atoms with Crippen LogP contribution in [0, 0.1) is 0 Å².